The lowest BCUT2D eigenvalue weighted by Gasteiger charge is -2.29. The van der Waals surface area contributed by atoms with Crippen LogP contribution < -0.4 is 10.6 Å². The van der Waals surface area contributed by atoms with E-state index in [2.05, 4.69) is 50.3 Å². The third kappa shape index (κ3) is 26.5. The summed E-state index contributed by atoms with van der Waals surface area (Å²) in [6.45, 7) is 12.3. The van der Waals surface area contributed by atoms with Crippen molar-refractivity contribution in [3.63, 3.8) is 0 Å². The van der Waals surface area contributed by atoms with Crippen molar-refractivity contribution in [3.05, 3.63) is 0 Å². The van der Waals surface area contributed by atoms with E-state index in [1.54, 1.807) is 11.8 Å². The van der Waals surface area contributed by atoms with Crippen LogP contribution in [0, 0.1) is 17.8 Å². The Balaban J connectivity index is 2.66. The van der Waals surface area contributed by atoms with E-state index in [1.807, 2.05) is 0 Å². The zero-order chi connectivity index (χ0) is 36.7. The molecule has 0 aromatic rings. The van der Waals surface area contributed by atoms with Crippen molar-refractivity contribution in [1.82, 2.24) is 15.5 Å². The molecule has 7 nitrogen and oxygen atoms in total. The molecule has 1 saturated heterocycles. The summed E-state index contributed by atoms with van der Waals surface area (Å²) in [5.74, 6) is 2.43. The van der Waals surface area contributed by atoms with Gasteiger partial charge in [0.2, 0.25) is 11.8 Å². The third-order valence-corrected chi connectivity index (χ3v) is 11.4. The molecule has 1 fully saturated rings. The second-order valence-corrected chi connectivity index (χ2v) is 16.9. The molecule has 2 amide bonds. The summed E-state index contributed by atoms with van der Waals surface area (Å²) in [6.07, 6.45) is 26.8. The summed E-state index contributed by atoms with van der Waals surface area (Å²) in [6, 6.07) is -0.537. The zero-order valence-corrected chi connectivity index (χ0v) is 34.3. The van der Waals surface area contributed by atoms with Gasteiger partial charge in [0.1, 0.15) is 6.04 Å². The van der Waals surface area contributed by atoms with Crippen LogP contribution in [0.15, 0.2) is 0 Å². The van der Waals surface area contributed by atoms with Crippen LogP contribution in [0.25, 0.3) is 0 Å². The number of ether oxygens (including phenoxy) is 1. The summed E-state index contributed by atoms with van der Waals surface area (Å²) in [4.78, 5) is 42.0. The maximum Gasteiger partial charge on any atom is 0.306 e. The van der Waals surface area contributed by atoms with Crippen molar-refractivity contribution in [2.45, 2.75) is 188 Å². The highest BCUT2D eigenvalue weighted by molar-refractivity contribution is 7.99. The van der Waals surface area contributed by atoms with Crippen LogP contribution >= 0.6 is 11.8 Å². The molecule has 2 atom stereocenters. The number of piperidine rings is 1. The second-order valence-electron chi connectivity index (χ2n) is 15.7. The number of nitrogens with zero attached hydrogens (tertiary/aromatic N) is 1. The smallest absolute Gasteiger partial charge is 0.306 e. The summed E-state index contributed by atoms with van der Waals surface area (Å²) in [5.41, 5.74) is 0. The number of hydrogen-bond acceptors (Lipinski definition) is 6. The molecule has 0 radical (unpaired) electrons. The Kier molecular flexibility index (Phi) is 30.3. The molecule has 1 heterocycles. The number of rotatable bonds is 33. The van der Waals surface area contributed by atoms with Crippen LogP contribution in [-0.2, 0) is 19.1 Å². The molecule has 8 heteroatoms. The highest BCUT2D eigenvalue weighted by Gasteiger charge is 2.26. The first kappa shape index (κ1) is 46.7. The lowest BCUT2D eigenvalue weighted by Crippen LogP contribution is -2.50. The first-order valence-electron chi connectivity index (χ1n) is 21.3. The number of esters is 1. The van der Waals surface area contributed by atoms with Gasteiger partial charge in [-0.3, -0.25) is 14.4 Å². The van der Waals surface area contributed by atoms with Gasteiger partial charge < -0.3 is 20.3 Å². The molecule has 2 unspecified atom stereocenters. The molecular weight excluding hydrogens is 643 g/mol. The number of nitrogens with one attached hydrogen (secondary N) is 2. The van der Waals surface area contributed by atoms with Crippen LogP contribution in [0.1, 0.15) is 182 Å². The van der Waals surface area contributed by atoms with Gasteiger partial charge in [0.05, 0.1) is 13.0 Å². The first-order chi connectivity index (χ1) is 24.3. The van der Waals surface area contributed by atoms with Gasteiger partial charge in [-0.2, -0.15) is 11.8 Å². The van der Waals surface area contributed by atoms with E-state index in [0.717, 1.165) is 76.1 Å². The van der Waals surface area contributed by atoms with Crippen LogP contribution in [-0.4, -0.2) is 73.5 Å². The van der Waals surface area contributed by atoms with Crippen molar-refractivity contribution >= 4 is 29.5 Å². The number of carbonyl (C=O) groups excluding carboxylic acids is 3. The monoisotopic (exact) mass is 724 g/mol. The van der Waals surface area contributed by atoms with Crippen molar-refractivity contribution in [1.29, 1.82) is 0 Å². The highest BCUT2D eigenvalue weighted by atomic mass is 32.2. The number of carbonyl (C=O) groups is 3. The Morgan fingerprint density at radius 3 is 1.82 bits per heavy atom. The zero-order valence-electron chi connectivity index (χ0n) is 33.5. The lowest BCUT2D eigenvalue weighted by molar-refractivity contribution is -0.143. The maximum atomic E-state index is 13.8. The summed E-state index contributed by atoms with van der Waals surface area (Å²) >= 11 is 1.67. The number of unbranched alkanes of at least 4 members (excludes halogenated alkanes) is 14. The van der Waals surface area contributed by atoms with Gasteiger partial charge in [0, 0.05) is 18.2 Å². The average Bonchev–Trinajstić information content (AvgIpc) is 3.10. The van der Waals surface area contributed by atoms with Crippen LogP contribution in [0.4, 0.5) is 0 Å². The van der Waals surface area contributed by atoms with E-state index in [-0.39, 0.29) is 23.7 Å². The molecule has 50 heavy (non-hydrogen) atoms. The standard InChI is InChI=1S/C42H81N3O4S/c1-6-8-10-12-14-15-17-21-25-38(24-20-16-13-11-9-7-2)41(47)44-39(42(48)43-35-37-26-30-45(5)31-27-37)28-33-50-34-29-40(46)49-32-22-18-19-23-36(3)4/h36-39H,6-35H2,1-5H3,(H,43,48)(H,44,47). The van der Waals surface area contributed by atoms with Gasteiger partial charge in [-0.1, -0.05) is 137 Å². The SMILES string of the molecule is CCCCCCCCCCC(CCCCCCCC)C(=O)NC(CCSCCC(=O)OCCCCCC(C)C)C(=O)NCC1CCN(C)CC1. The third-order valence-electron chi connectivity index (χ3n) is 10.4. The van der Waals surface area contributed by atoms with Crippen molar-refractivity contribution in [3.8, 4) is 0 Å². The van der Waals surface area contributed by atoms with Gasteiger partial charge in [-0.15, -0.1) is 0 Å². The van der Waals surface area contributed by atoms with Crippen LogP contribution in [0.3, 0.4) is 0 Å². The molecule has 1 aliphatic rings. The number of amides is 2. The predicted octanol–water partition coefficient (Wildman–Crippen LogP) is 10.1. The molecule has 1 aliphatic heterocycles. The van der Waals surface area contributed by atoms with Gasteiger partial charge in [-0.05, 0) is 76.3 Å². The molecule has 294 valence electrons. The quantitative estimate of drug-likeness (QED) is 0.0518. The van der Waals surface area contributed by atoms with Crippen molar-refractivity contribution in [2.75, 3.05) is 44.8 Å². The largest absolute Gasteiger partial charge is 0.466 e. The van der Waals surface area contributed by atoms with E-state index in [1.165, 1.54) is 89.9 Å². The van der Waals surface area contributed by atoms with Crippen molar-refractivity contribution in [2.24, 2.45) is 17.8 Å². The molecule has 0 spiro atoms. The van der Waals surface area contributed by atoms with E-state index < -0.39 is 6.04 Å². The van der Waals surface area contributed by atoms with E-state index >= 15 is 0 Å². The minimum absolute atomic E-state index is 0.0294. The Hall–Kier alpha value is -1.28. The Morgan fingerprint density at radius 2 is 1.24 bits per heavy atom. The van der Waals surface area contributed by atoms with Gasteiger partial charge in [-0.25, -0.2) is 0 Å². The average molecular weight is 724 g/mol. The Bertz CT molecular complexity index is 834. The topological polar surface area (TPSA) is 87.7 Å². The molecule has 0 aliphatic carbocycles. The summed E-state index contributed by atoms with van der Waals surface area (Å²) in [7, 11) is 2.15. The Labute approximate surface area is 313 Å². The van der Waals surface area contributed by atoms with Crippen LogP contribution in [0.2, 0.25) is 0 Å². The molecular formula is C42H81N3O4S. The van der Waals surface area contributed by atoms with E-state index in [0.29, 0.717) is 37.7 Å². The molecule has 2 N–H and O–H groups in total. The summed E-state index contributed by atoms with van der Waals surface area (Å²) < 4.78 is 5.44. The van der Waals surface area contributed by atoms with Gasteiger partial charge >= 0.3 is 5.97 Å². The molecule has 0 saturated carbocycles. The highest BCUT2D eigenvalue weighted by Crippen LogP contribution is 2.21. The molecule has 0 bridgehead atoms. The van der Waals surface area contributed by atoms with Crippen molar-refractivity contribution < 1.29 is 19.1 Å². The number of likely N-dealkylation sites (tertiary alicyclic amines) is 1. The fraction of sp³-hybridized carbons (Fsp3) is 0.929. The molecule has 1 rings (SSSR count). The van der Waals surface area contributed by atoms with Gasteiger partial charge in [0.25, 0.3) is 0 Å². The molecule has 0 aromatic heterocycles. The minimum Gasteiger partial charge on any atom is -0.466 e. The van der Waals surface area contributed by atoms with Gasteiger partial charge in [0.15, 0.2) is 0 Å². The fourth-order valence-corrected chi connectivity index (χ4v) is 7.76. The maximum absolute atomic E-state index is 13.8. The first-order valence-corrected chi connectivity index (χ1v) is 22.4. The van der Waals surface area contributed by atoms with E-state index in [9.17, 15) is 14.4 Å². The van der Waals surface area contributed by atoms with Crippen LogP contribution in [0.5, 0.6) is 0 Å². The van der Waals surface area contributed by atoms with E-state index in [4.69, 9.17) is 4.74 Å². The normalized spacial score (nSPS) is 15.2. The predicted molar refractivity (Wildman–Crippen MR) is 215 cm³/mol. The molecule has 0 aromatic carbocycles. The number of hydrogen-bond donors (Lipinski definition) is 2. The lowest BCUT2D eigenvalue weighted by atomic mass is 9.92. The fourth-order valence-electron chi connectivity index (χ4n) is 6.84. The second kappa shape index (κ2) is 32.4. The minimum atomic E-state index is -0.537. The Morgan fingerprint density at radius 1 is 0.700 bits per heavy atom. The summed E-state index contributed by atoms with van der Waals surface area (Å²) in [5, 5.41) is 6.45. The number of thioether (sulfide) groups is 1.